The van der Waals surface area contributed by atoms with Gasteiger partial charge in [-0.1, -0.05) is 29.8 Å². The minimum Gasteiger partial charge on any atom is -0.350 e. The summed E-state index contributed by atoms with van der Waals surface area (Å²) in [6, 6.07) is 12.9. The normalized spacial score (nSPS) is 13.1. The Morgan fingerprint density at radius 3 is 2.42 bits per heavy atom. The smallest absolute Gasteiger partial charge is 0.268 e. The first-order chi connectivity index (χ1) is 15.7. The lowest BCUT2D eigenvalue weighted by Crippen LogP contribution is -2.30. The van der Waals surface area contributed by atoms with E-state index in [0.717, 1.165) is 19.2 Å². The third-order valence-electron chi connectivity index (χ3n) is 5.10. The lowest BCUT2D eigenvalue weighted by atomic mass is 10.2. The maximum atomic E-state index is 14.1. The highest BCUT2D eigenvalue weighted by Gasteiger charge is 2.36. The predicted molar refractivity (Wildman–Crippen MR) is 121 cm³/mol. The number of rotatable bonds is 6. The van der Waals surface area contributed by atoms with Crippen molar-refractivity contribution < 1.29 is 27.1 Å². The molecule has 0 saturated carbocycles. The Bertz CT molecular complexity index is 1400. The summed E-state index contributed by atoms with van der Waals surface area (Å²) in [5.41, 5.74) is 0.492. The number of fused-ring (bicyclic) bond motifs is 1. The van der Waals surface area contributed by atoms with E-state index >= 15 is 0 Å². The average molecular weight is 493 g/mol. The molecule has 4 aromatic rings. The highest BCUT2D eigenvalue weighted by molar-refractivity contribution is 7.75. The zero-order valence-electron chi connectivity index (χ0n) is 17.2. The van der Waals surface area contributed by atoms with Crippen LogP contribution < -0.4 is 15.9 Å². The Kier molecular flexibility index (Phi) is 6.34. The second-order valence-corrected chi connectivity index (χ2v) is 10.0. The molecule has 2 N–H and O–H groups in total. The molecule has 0 aliphatic carbocycles. The van der Waals surface area contributed by atoms with Gasteiger partial charge >= 0.3 is 0 Å². The van der Waals surface area contributed by atoms with Crippen LogP contribution in [-0.4, -0.2) is 18.0 Å². The Morgan fingerprint density at radius 1 is 1.06 bits per heavy atom. The maximum Gasteiger partial charge on any atom is 0.268 e. The maximum absolute atomic E-state index is 14.1. The Hall–Kier alpha value is -3.06. The van der Waals surface area contributed by atoms with Crippen LogP contribution in [0.2, 0.25) is 5.02 Å². The van der Waals surface area contributed by atoms with Gasteiger partial charge in [-0.15, -0.1) is 0 Å². The van der Waals surface area contributed by atoms with Crippen LogP contribution in [0.15, 0.2) is 60.7 Å². The third-order valence-corrected chi connectivity index (χ3v) is 7.84. The van der Waals surface area contributed by atoms with Crippen molar-refractivity contribution in [1.82, 2.24) is 10.3 Å². The van der Waals surface area contributed by atoms with Crippen molar-refractivity contribution >= 4 is 46.4 Å². The number of hydrogen-bond acceptors (Lipinski definition) is 3. The van der Waals surface area contributed by atoms with Crippen molar-refractivity contribution in [2.75, 3.05) is 7.11 Å². The quantitative estimate of drug-likeness (QED) is 0.370. The van der Waals surface area contributed by atoms with Gasteiger partial charge in [0.25, 0.3) is 13.3 Å². The highest BCUT2D eigenvalue weighted by Crippen LogP contribution is 2.47. The number of halogens is 4. The minimum atomic E-state index is -4.18. The zero-order chi connectivity index (χ0) is 23.8. The number of aromatic nitrogens is 1. The SMILES string of the molecule is COP(=O)(c1cc(F)cc(F)c1)c1c(C(=O)NCc2ccccc2F)[nH]c2ccc(Cl)cc12. The molecular formula is C23H17ClF3N2O3P. The first-order valence-corrected chi connectivity index (χ1v) is 11.7. The Labute approximate surface area is 192 Å². The minimum absolute atomic E-state index is 0.0986. The number of carbonyl (C=O) groups excluding carboxylic acids is 1. The van der Waals surface area contributed by atoms with Crippen LogP contribution in [0.1, 0.15) is 16.1 Å². The van der Waals surface area contributed by atoms with Gasteiger partial charge in [-0.2, -0.15) is 0 Å². The second kappa shape index (κ2) is 9.06. The molecule has 0 saturated heterocycles. The van der Waals surface area contributed by atoms with Crippen LogP contribution in [0.3, 0.4) is 0 Å². The summed E-state index contributed by atoms with van der Waals surface area (Å²) in [5.74, 6) is -3.12. The lowest BCUT2D eigenvalue weighted by molar-refractivity contribution is 0.0947. The molecular weight excluding hydrogens is 476 g/mol. The highest BCUT2D eigenvalue weighted by atomic mass is 35.5. The van der Waals surface area contributed by atoms with E-state index in [1.54, 1.807) is 18.2 Å². The van der Waals surface area contributed by atoms with Gasteiger partial charge in [0.05, 0.1) is 5.30 Å². The van der Waals surface area contributed by atoms with Gasteiger partial charge in [-0.25, -0.2) is 13.2 Å². The fourth-order valence-corrected chi connectivity index (χ4v) is 5.92. The molecule has 1 heterocycles. The van der Waals surface area contributed by atoms with Crippen LogP contribution in [0.25, 0.3) is 10.9 Å². The molecule has 0 aliphatic heterocycles. The number of H-pyrrole nitrogens is 1. The zero-order valence-corrected chi connectivity index (χ0v) is 18.8. The van der Waals surface area contributed by atoms with Crippen molar-refractivity contribution in [1.29, 1.82) is 0 Å². The fraction of sp³-hybridized carbons (Fsp3) is 0.0870. The molecule has 0 spiro atoms. The van der Waals surface area contributed by atoms with E-state index in [1.807, 2.05) is 0 Å². The largest absolute Gasteiger partial charge is 0.350 e. The van der Waals surface area contributed by atoms with Crippen LogP contribution in [-0.2, 0) is 15.6 Å². The molecule has 33 heavy (non-hydrogen) atoms. The van der Waals surface area contributed by atoms with Crippen molar-refractivity contribution in [3.05, 3.63) is 94.4 Å². The van der Waals surface area contributed by atoms with Crippen LogP contribution in [0.4, 0.5) is 13.2 Å². The summed E-state index contributed by atoms with van der Waals surface area (Å²) in [4.78, 5) is 16.0. The third kappa shape index (κ3) is 4.42. The van der Waals surface area contributed by atoms with Crippen LogP contribution in [0.5, 0.6) is 0 Å². The van der Waals surface area contributed by atoms with Gasteiger partial charge in [0.15, 0.2) is 0 Å². The molecule has 1 amide bonds. The molecule has 1 unspecified atom stereocenters. The Balaban J connectivity index is 1.86. The van der Waals surface area contributed by atoms with Crippen molar-refractivity contribution in [2.24, 2.45) is 0 Å². The van der Waals surface area contributed by atoms with E-state index in [1.165, 1.54) is 24.3 Å². The van der Waals surface area contributed by atoms with Gasteiger partial charge in [-0.05, 0) is 36.4 Å². The van der Waals surface area contributed by atoms with E-state index in [4.69, 9.17) is 16.1 Å². The molecule has 1 aromatic heterocycles. The van der Waals surface area contributed by atoms with Gasteiger partial charge in [0.2, 0.25) is 0 Å². The number of nitrogens with one attached hydrogen (secondary N) is 2. The van der Waals surface area contributed by atoms with E-state index in [0.29, 0.717) is 11.6 Å². The molecule has 170 valence electrons. The van der Waals surface area contributed by atoms with Gasteiger partial charge in [-0.3, -0.25) is 9.36 Å². The first-order valence-electron chi connectivity index (χ1n) is 9.69. The molecule has 0 bridgehead atoms. The monoisotopic (exact) mass is 492 g/mol. The summed E-state index contributed by atoms with van der Waals surface area (Å²) >= 11 is 6.12. The molecule has 1 atom stereocenters. The van der Waals surface area contributed by atoms with E-state index in [9.17, 15) is 22.5 Å². The van der Waals surface area contributed by atoms with E-state index in [-0.39, 0.29) is 38.8 Å². The van der Waals surface area contributed by atoms with Gasteiger partial charge in [0.1, 0.15) is 23.1 Å². The van der Waals surface area contributed by atoms with Crippen LogP contribution in [0, 0.1) is 17.5 Å². The van der Waals surface area contributed by atoms with Gasteiger partial charge < -0.3 is 14.8 Å². The topological polar surface area (TPSA) is 71.2 Å². The second-order valence-electron chi connectivity index (χ2n) is 7.17. The number of hydrogen-bond donors (Lipinski definition) is 2. The first kappa shape index (κ1) is 23.1. The Morgan fingerprint density at radius 2 is 1.76 bits per heavy atom. The van der Waals surface area contributed by atoms with Crippen molar-refractivity contribution in [3.63, 3.8) is 0 Å². The predicted octanol–water partition coefficient (Wildman–Crippen LogP) is 5.04. The lowest BCUT2D eigenvalue weighted by Gasteiger charge is -2.18. The molecule has 0 fully saturated rings. The van der Waals surface area contributed by atoms with Crippen molar-refractivity contribution in [2.45, 2.75) is 6.54 Å². The standard InChI is InChI=1S/C23H17ClF3N2O3P/c1-32-33(31,17-10-15(25)9-16(26)11-17)22-18-8-14(24)6-7-20(18)29-21(22)23(30)28-12-13-4-2-3-5-19(13)27/h2-11,29H,12H2,1H3,(H,28,30). The molecule has 0 aliphatic rings. The fourth-order valence-electron chi connectivity index (χ4n) is 3.56. The number of carbonyl (C=O) groups is 1. The van der Waals surface area contributed by atoms with Crippen LogP contribution >= 0.6 is 19.0 Å². The molecule has 3 aromatic carbocycles. The molecule has 0 radical (unpaired) electrons. The molecule has 4 rings (SSSR count). The number of benzene rings is 3. The van der Waals surface area contributed by atoms with E-state index < -0.39 is 30.7 Å². The molecule has 5 nitrogen and oxygen atoms in total. The van der Waals surface area contributed by atoms with Crippen molar-refractivity contribution in [3.8, 4) is 0 Å². The average Bonchev–Trinajstić information content (AvgIpc) is 3.16. The summed E-state index contributed by atoms with van der Waals surface area (Å²) in [7, 11) is -3.06. The molecule has 10 heteroatoms. The summed E-state index contributed by atoms with van der Waals surface area (Å²) in [6.45, 7) is -0.146. The van der Waals surface area contributed by atoms with E-state index in [2.05, 4.69) is 10.3 Å². The summed E-state index contributed by atoms with van der Waals surface area (Å²) < 4.78 is 61.3. The summed E-state index contributed by atoms with van der Waals surface area (Å²) in [5, 5.41) is 2.78. The number of aromatic amines is 1. The summed E-state index contributed by atoms with van der Waals surface area (Å²) in [6.07, 6.45) is 0. The number of amides is 1. The van der Waals surface area contributed by atoms with Gasteiger partial charge in [0, 0.05) is 46.5 Å².